The number of hydrogen-bond donors (Lipinski definition) is 2. The van der Waals surface area contributed by atoms with E-state index in [2.05, 4.69) is 31.2 Å². The first kappa shape index (κ1) is 18.6. The first-order chi connectivity index (χ1) is 12.0. The maximum Gasteiger partial charge on any atom is 0.287 e. The molecule has 0 spiro atoms. The molecule has 0 aliphatic rings. The molecule has 0 aromatic carbocycles. The van der Waals surface area contributed by atoms with Gasteiger partial charge in [0.2, 0.25) is 0 Å². The fourth-order valence-corrected chi connectivity index (χ4v) is 2.54. The summed E-state index contributed by atoms with van der Waals surface area (Å²) in [5.41, 5.74) is 2.06. The fourth-order valence-electron chi connectivity index (χ4n) is 2.54. The molecule has 2 aromatic heterocycles. The molecule has 136 valence electrons. The minimum atomic E-state index is -0.173. The highest BCUT2D eigenvalue weighted by Gasteiger charge is 2.12. The Bertz CT molecular complexity index is 717. The van der Waals surface area contributed by atoms with Gasteiger partial charge >= 0.3 is 0 Å². The molecule has 0 atom stereocenters. The fraction of sp³-hybridized carbons (Fsp3) is 0.444. The highest BCUT2D eigenvalue weighted by Crippen LogP contribution is 2.08. The predicted octanol–water partition coefficient (Wildman–Crippen LogP) is 1.75. The summed E-state index contributed by atoms with van der Waals surface area (Å²) in [6.45, 7) is 3.93. The van der Waals surface area contributed by atoms with Crippen LogP contribution in [0, 0.1) is 6.92 Å². The van der Waals surface area contributed by atoms with Crippen molar-refractivity contribution < 1.29 is 9.21 Å². The Kier molecular flexibility index (Phi) is 6.68. The number of carbonyl (C=O) groups excluding carboxylic acids is 1. The maximum atomic E-state index is 11.9. The Morgan fingerprint density at radius 3 is 2.68 bits per heavy atom. The zero-order valence-electron chi connectivity index (χ0n) is 15.4. The lowest BCUT2D eigenvalue weighted by Gasteiger charge is -2.22. The van der Waals surface area contributed by atoms with E-state index in [1.807, 2.05) is 33.3 Å². The van der Waals surface area contributed by atoms with E-state index in [-0.39, 0.29) is 5.91 Å². The van der Waals surface area contributed by atoms with Gasteiger partial charge in [0, 0.05) is 51.7 Å². The van der Waals surface area contributed by atoms with Crippen molar-refractivity contribution in [2.24, 2.45) is 12.0 Å². The Balaban J connectivity index is 1.70. The molecular formula is C18H27N5O2. The summed E-state index contributed by atoms with van der Waals surface area (Å²) in [6.07, 6.45) is 4.35. The SMILES string of the molecule is CN=C(NCCCNC(=O)c1occc1C)N(C)Cc1cccn1C. The van der Waals surface area contributed by atoms with Crippen LogP contribution in [0.4, 0.5) is 0 Å². The van der Waals surface area contributed by atoms with Crippen LogP contribution >= 0.6 is 0 Å². The summed E-state index contributed by atoms with van der Waals surface area (Å²) in [6, 6.07) is 5.90. The maximum absolute atomic E-state index is 11.9. The largest absolute Gasteiger partial charge is 0.459 e. The molecular weight excluding hydrogens is 318 g/mol. The number of nitrogens with one attached hydrogen (secondary N) is 2. The summed E-state index contributed by atoms with van der Waals surface area (Å²) in [7, 11) is 5.80. The van der Waals surface area contributed by atoms with Gasteiger partial charge in [-0.1, -0.05) is 0 Å². The average molecular weight is 345 g/mol. The lowest BCUT2D eigenvalue weighted by atomic mass is 10.2. The van der Waals surface area contributed by atoms with Crippen LogP contribution in [0.3, 0.4) is 0 Å². The number of carbonyl (C=O) groups is 1. The molecule has 0 saturated heterocycles. The van der Waals surface area contributed by atoms with Crippen molar-refractivity contribution in [3.63, 3.8) is 0 Å². The van der Waals surface area contributed by atoms with Crippen LogP contribution in [0.15, 0.2) is 40.1 Å². The van der Waals surface area contributed by atoms with Crippen molar-refractivity contribution in [1.29, 1.82) is 0 Å². The van der Waals surface area contributed by atoms with E-state index >= 15 is 0 Å². The van der Waals surface area contributed by atoms with E-state index in [0.717, 1.165) is 31.0 Å². The quantitative estimate of drug-likeness (QED) is 0.455. The second-order valence-electron chi connectivity index (χ2n) is 5.98. The minimum Gasteiger partial charge on any atom is -0.459 e. The topological polar surface area (TPSA) is 74.8 Å². The Morgan fingerprint density at radius 2 is 2.08 bits per heavy atom. The van der Waals surface area contributed by atoms with Gasteiger partial charge in [-0.05, 0) is 31.5 Å². The third kappa shape index (κ3) is 5.14. The van der Waals surface area contributed by atoms with Crippen molar-refractivity contribution in [2.75, 3.05) is 27.2 Å². The van der Waals surface area contributed by atoms with Gasteiger partial charge in [-0.25, -0.2) is 0 Å². The van der Waals surface area contributed by atoms with E-state index in [1.54, 1.807) is 13.1 Å². The second kappa shape index (κ2) is 8.96. The van der Waals surface area contributed by atoms with E-state index in [9.17, 15) is 4.79 Å². The molecule has 7 heteroatoms. The first-order valence-electron chi connectivity index (χ1n) is 8.37. The average Bonchev–Trinajstić information content (AvgIpc) is 3.19. The molecule has 0 bridgehead atoms. The van der Waals surface area contributed by atoms with Crippen LogP contribution in [0.1, 0.15) is 28.2 Å². The van der Waals surface area contributed by atoms with Gasteiger partial charge in [0.25, 0.3) is 5.91 Å². The summed E-state index contributed by atoms with van der Waals surface area (Å²) < 4.78 is 7.27. The van der Waals surface area contributed by atoms with E-state index in [0.29, 0.717) is 12.3 Å². The lowest BCUT2D eigenvalue weighted by Crippen LogP contribution is -2.40. The molecule has 0 fully saturated rings. The number of aromatic nitrogens is 1. The van der Waals surface area contributed by atoms with Crippen molar-refractivity contribution in [3.05, 3.63) is 47.7 Å². The van der Waals surface area contributed by atoms with Gasteiger partial charge in [-0.15, -0.1) is 0 Å². The third-order valence-corrected chi connectivity index (χ3v) is 4.01. The standard InChI is InChI=1S/C18H27N5O2/c1-14-8-12-25-16(14)17(24)20-9-6-10-21-18(19-2)23(4)13-15-7-5-11-22(15)3/h5,7-8,11-12H,6,9-10,13H2,1-4H3,(H,19,21)(H,20,24). The lowest BCUT2D eigenvalue weighted by molar-refractivity contribution is 0.0925. The highest BCUT2D eigenvalue weighted by molar-refractivity contribution is 5.92. The summed E-state index contributed by atoms with van der Waals surface area (Å²) in [4.78, 5) is 18.3. The van der Waals surface area contributed by atoms with Crippen LogP contribution < -0.4 is 10.6 Å². The van der Waals surface area contributed by atoms with Crippen LogP contribution in [-0.4, -0.2) is 48.5 Å². The number of aryl methyl sites for hydroxylation is 2. The van der Waals surface area contributed by atoms with Crippen LogP contribution in [0.2, 0.25) is 0 Å². The first-order valence-corrected chi connectivity index (χ1v) is 8.37. The van der Waals surface area contributed by atoms with Crippen molar-refractivity contribution in [2.45, 2.75) is 19.9 Å². The highest BCUT2D eigenvalue weighted by atomic mass is 16.3. The molecule has 1 amide bonds. The zero-order valence-corrected chi connectivity index (χ0v) is 15.4. The number of rotatable bonds is 7. The number of guanidine groups is 1. The number of aliphatic imine (C=N–C) groups is 1. The summed E-state index contributed by atoms with van der Waals surface area (Å²) in [5.74, 6) is 1.04. The van der Waals surface area contributed by atoms with Crippen molar-refractivity contribution >= 4 is 11.9 Å². The molecule has 2 heterocycles. The van der Waals surface area contributed by atoms with Gasteiger partial charge < -0.3 is 24.5 Å². The third-order valence-electron chi connectivity index (χ3n) is 4.01. The van der Waals surface area contributed by atoms with Crippen molar-refractivity contribution in [3.8, 4) is 0 Å². The van der Waals surface area contributed by atoms with E-state index < -0.39 is 0 Å². The minimum absolute atomic E-state index is 0.173. The van der Waals surface area contributed by atoms with Crippen molar-refractivity contribution in [1.82, 2.24) is 20.1 Å². The number of furan rings is 1. The Morgan fingerprint density at radius 1 is 1.32 bits per heavy atom. The monoisotopic (exact) mass is 345 g/mol. The van der Waals surface area contributed by atoms with E-state index in [1.165, 1.54) is 12.0 Å². The number of nitrogens with zero attached hydrogens (tertiary/aromatic N) is 3. The molecule has 7 nitrogen and oxygen atoms in total. The Hall–Kier alpha value is -2.70. The Labute approximate surface area is 148 Å². The van der Waals surface area contributed by atoms with Crippen LogP contribution in [-0.2, 0) is 13.6 Å². The summed E-state index contributed by atoms with van der Waals surface area (Å²) >= 11 is 0. The van der Waals surface area contributed by atoms with Crippen LogP contribution in [0.25, 0.3) is 0 Å². The van der Waals surface area contributed by atoms with Gasteiger partial charge in [0.15, 0.2) is 11.7 Å². The van der Waals surface area contributed by atoms with Gasteiger partial charge in [-0.2, -0.15) is 0 Å². The normalized spacial score (nSPS) is 11.4. The second-order valence-corrected chi connectivity index (χ2v) is 5.98. The predicted molar refractivity (Wildman–Crippen MR) is 98.6 cm³/mol. The number of hydrogen-bond acceptors (Lipinski definition) is 3. The van der Waals surface area contributed by atoms with Crippen LogP contribution in [0.5, 0.6) is 0 Å². The summed E-state index contributed by atoms with van der Waals surface area (Å²) in [5, 5.41) is 6.17. The molecule has 0 saturated carbocycles. The van der Waals surface area contributed by atoms with Gasteiger partial charge in [0.05, 0.1) is 12.8 Å². The molecule has 2 aromatic rings. The molecule has 25 heavy (non-hydrogen) atoms. The number of amides is 1. The van der Waals surface area contributed by atoms with Gasteiger partial charge in [0.1, 0.15) is 0 Å². The molecule has 0 unspecified atom stereocenters. The zero-order chi connectivity index (χ0) is 18.2. The smallest absolute Gasteiger partial charge is 0.287 e. The van der Waals surface area contributed by atoms with Gasteiger partial charge in [-0.3, -0.25) is 9.79 Å². The molecule has 0 aliphatic heterocycles. The molecule has 0 radical (unpaired) electrons. The molecule has 2 rings (SSSR count). The molecule has 0 aliphatic carbocycles. The van der Waals surface area contributed by atoms with E-state index in [4.69, 9.17) is 4.42 Å². The molecule has 2 N–H and O–H groups in total.